The molecule has 2 N–H and O–H groups in total. The van der Waals surface area contributed by atoms with Crippen LogP contribution in [0.1, 0.15) is 434 Å². The van der Waals surface area contributed by atoms with Gasteiger partial charge in [0, 0.05) is 51.4 Å². The number of aromatic nitrogens is 8. The predicted octanol–water partition coefficient (Wildman–Crippen LogP) is 32.9. The number of hydrogen-bond donors (Lipinski definition) is 2. The van der Waals surface area contributed by atoms with Crippen LogP contribution in [-0.4, -0.2) is 85.9 Å². The summed E-state index contributed by atoms with van der Waals surface area (Å²) in [5, 5.41) is 0. The third kappa shape index (κ3) is 48.9. The van der Waals surface area contributed by atoms with E-state index in [1.807, 2.05) is 94.1 Å². The number of unbranched alkanes of at least 4 members (excludes halogenated alkanes) is 56. The van der Waals surface area contributed by atoms with Crippen molar-refractivity contribution < 1.29 is 0 Å². The van der Waals surface area contributed by atoms with E-state index in [1.165, 1.54) is 276 Å². The van der Waals surface area contributed by atoms with Crippen LogP contribution < -0.4 is 0 Å². The largest absolute Gasteiger partial charge is 0.323 e. The SMILES string of the molecule is C#CCCCCCCCCCSC1=C(SCCCCCCCCCC#C)c2nc1nc1nc(nc3[nH]c(nc4[nH]c(n2)c(SCCCCCCCCCC#C)c4SCCCCCCCCCC#C)c(SCCCCCCCCCC#C)c3SCCCCCCCCCC#C)C(SCCCCCCCCCC#C)=C1SCCCCCCCCCC#C. The zero-order valence-electron chi connectivity index (χ0n) is 74.5. The summed E-state index contributed by atoms with van der Waals surface area (Å²) in [7, 11) is 0. The molecule has 0 aliphatic carbocycles. The van der Waals surface area contributed by atoms with Crippen molar-refractivity contribution in [2.75, 3.05) is 46.0 Å². The molecule has 8 bridgehead atoms. The number of hydrogen-bond acceptors (Lipinski definition) is 14. The van der Waals surface area contributed by atoms with Gasteiger partial charge in [-0.15, -0.1) is 193 Å². The molecule has 5 rings (SSSR count). The summed E-state index contributed by atoms with van der Waals surface area (Å²) < 4.78 is 0. The highest BCUT2D eigenvalue weighted by molar-refractivity contribution is 8.14. The lowest BCUT2D eigenvalue weighted by molar-refractivity contribution is 0.595. The summed E-state index contributed by atoms with van der Waals surface area (Å²) in [6, 6.07) is 0. The first-order chi connectivity index (χ1) is 59.5. The van der Waals surface area contributed by atoms with Crippen molar-refractivity contribution in [1.29, 1.82) is 0 Å². The molecule has 3 aromatic rings. The first-order valence-corrected chi connectivity index (χ1v) is 55.6. The maximum absolute atomic E-state index is 6.03. The molecule has 3 aromatic heterocycles. The summed E-state index contributed by atoms with van der Waals surface area (Å²) in [6.07, 6.45) is 119. The monoisotopic (exact) mass is 1770 g/mol. The Morgan fingerprint density at radius 2 is 0.292 bits per heavy atom. The van der Waals surface area contributed by atoms with Crippen molar-refractivity contribution in [3.63, 3.8) is 0 Å². The Balaban J connectivity index is 1.86. The summed E-state index contributed by atoms with van der Waals surface area (Å²) >= 11 is 15.7. The van der Waals surface area contributed by atoms with E-state index >= 15 is 0 Å². The minimum Gasteiger partial charge on any atom is -0.323 e. The van der Waals surface area contributed by atoms with Gasteiger partial charge in [-0.25, -0.2) is 29.9 Å². The van der Waals surface area contributed by atoms with Crippen molar-refractivity contribution >= 4 is 136 Å². The van der Waals surface area contributed by atoms with Crippen molar-refractivity contribution in [1.82, 2.24) is 39.9 Å². The van der Waals surface area contributed by atoms with E-state index in [0.717, 1.165) is 266 Å². The second-order valence-electron chi connectivity index (χ2n) is 32.5. The van der Waals surface area contributed by atoms with Gasteiger partial charge in [-0.05, 0) is 149 Å². The highest BCUT2D eigenvalue weighted by Gasteiger charge is 2.30. The van der Waals surface area contributed by atoms with E-state index in [-0.39, 0.29) is 0 Å². The molecule has 0 unspecified atom stereocenters. The second kappa shape index (κ2) is 75.9. The Labute approximate surface area is 768 Å². The van der Waals surface area contributed by atoms with E-state index in [2.05, 4.69) is 57.3 Å². The lowest BCUT2D eigenvalue weighted by atomic mass is 10.1. The number of terminal acetylenes is 8. The van der Waals surface area contributed by atoms with Gasteiger partial charge >= 0.3 is 0 Å². The van der Waals surface area contributed by atoms with Crippen molar-refractivity contribution in [2.45, 2.75) is 431 Å². The van der Waals surface area contributed by atoms with Gasteiger partial charge in [-0.2, -0.15) is 0 Å². The van der Waals surface area contributed by atoms with Crippen LogP contribution in [0, 0.1) is 98.8 Å². The summed E-state index contributed by atoms with van der Waals surface area (Å²) in [5.41, 5.74) is 3.42. The third-order valence-electron chi connectivity index (χ3n) is 22.0. The molecule has 658 valence electrons. The molecule has 120 heavy (non-hydrogen) atoms. The fourth-order valence-corrected chi connectivity index (χ4v) is 24.3. The van der Waals surface area contributed by atoms with E-state index in [9.17, 15) is 0 Å². The van der Waals surface area contributed by atoms with E-state index < -0.39 is 0 Å². The van der Waals surface area contributed by atoms with Gasteiger partial charge in [0.05, 0.1) is 39.2 Å². The zero-order chi connectivity index (χ0) is 85.1. The molecule has 16 heteroatoms. The number of nitrogens with zero attached hydrogens (tertiary/aromatic N) is 6. The number of H-pyrrole nitrogens is 2. The van der Waals surface area contributed by atoms with Gasteiger partial charge in [0.15, 0.2) is 23.3 Å². The molecule has 0 radical (unpaired) electrons. The van der Waals surface area contributed by atoms with Crippen LogP contribution in [0.25, 0.3) is 42.2 Å². The Morgan fingerprint density at radius 1 is 0.158 bits per heavy atom. The molecule has 5 heterocycles. The molecule has 8 nitrogen and oxygen atoms in total. The van der Waals surface area contributed by atoms with Crippen molar-refractivity contribution in [3.8, 4) is 98.8 Å². The molecule has 0 atom stereocenters. The topological polar surface area (TPSA) is 109 Å². The average Bonchev–Trinajstić information content (AvgIpc) is 1.62. The molecule has 0 saturated carbocycles. The second-order valence-corrected chi connectivity index (χ2v) is 41.3. The van der Waals surface area contributed by atoms with Crippen LogP contribution in [0.2, 0.25) is 0 Å². The third-order valence-corrected chi connectivity index (χ3v) is 31.9. The van der Waals surface area contributed by atoms with Crippen LogP contribution in [-0.2, 0) is 0 Å². The van der Waals surface area contributed by atoms with Crippen LogP contribution in [0.5, 0.6) is 0 Å². The molecule has 0 amide bonds. The maximum atomic E-state index is 6.03. The number of nitrogens with one attached hydrogen (secondary N) is 2. The molecule has 0 aromatic carbocycles. The fourth-order valence-electron chi connectivity index (χ4n) is 14.9. The van der Waals surface area contributed by atoms with Gasteiger partial charge in [0.25, 0.3) is 0 Å². The number of thioether (sulfide) groups is 8. The molecule has 0 spiro atoms. The maximum Gasteiger partial charge on any atom is 0.171 e. The molecule has 0 fully saturated rings. The average molecular weight is 1770 g/mol. The van der Waals surface area contributed by atoms with E-state index in [0.29, 0.717) is 0 Å². The summed E-state index contributed by atoms with van der Waals surface area (Å²) in [4.78, 5) is 53.0. The lowest BCUT2D eigenvalue weighted by Crippen LogP contribution is -1.93. The van der Waals surface area contributed by atoms with E-state index in [1.54, 1.807) is 0 Å². The Hall–Kier alpha value is -4.40. The van der Waals surface area contributed by atoms with Crippen molar-refractivity contribution in [3.05, 3.63) is 23.3 Å². The van der Waals surface area contributed by atoms with Crippen LogP contribution in [0.4, 0.5) is 0 Å². The standard InChI is InChI=1S/C104H154N8S8/c1-9-17-25-33-41-49-57-65-73-81-113-89-90(114-82-74-66-58-50-42-34-26-18-10-2)98-105-97(89)109-99-91(115-83-75-67-59-51-43-35-27-19-11-3)92(116-84-76-68-60-52-44-36-28-20-12-4)101(106-99)111-103-95(119-87-79-71-63-55-47-39-31-23-15-7)96(120-88-80-72-64-56-48-40-32-24-16-8)104(108-103)112-102-94(118-86-78-70-62-54-46-38-30-22-14-6)93(100(107-102)110-98)117-85-77-69-61-53-45-37-29-21-13-5/h1-8H,17-88H2,(H2,105,106,107,108,109,110,111,112). The quantitative estimate of drug-likeness (QED) is 0.0318. The summed E-state index contributed by atoms with van der Waals surface area (Å²) in [5.74, 6) is 33.5. The van der Waals surface area contributed by atoms with Crippen LogP contribution >= 0.6 is 94.1 Å². The smallest absolute Gasteiger partial charge is 0.171 e. The fraction of sp³-hybridized carbons (Fsp3) is 0.692. The minimum absolute atomic E-state index is 0.729. The van der Waals surface area contributed by atoms with Crippen LogP contribution in [0.3, 0.4) is 0 Å². The normalized spacial score (nSPS) is 11.9. The Morgan fingerprint density at radius 3 is 0.458 bits per heavy atom. The molecule has 0 saturated heterocycles. The van der Waals surface area contributed by atoms with Gasteiger partial charge in [0.1, 0.15) is 22.6 Å². The van der Waals surface area contributed by atoms with Gasteiger partial charge in [-0.1, -0.05) is 257 Å². The molecular formula is C104H154N8S8. The number of rotatable bonds is 80. The molecular weight excluding hydrogens is 1620 g/mol. The van der Waals surface area contributed by atoms with E-state index in [4.69, 9.17) is 81.3 Å². The van der Waals surface area contributed by atoms with Gasteiger partial charge in [-0.3, -0.25) is 0 Å². The highest BCUT2D eigenvalue weighted by atomic mass is 32.2. The van der Waals surface area contributed by atoms with Gasteiger partial charge < -0.3 is 9.97 Å². The lowest BCUT2D eigenvalue weighted by Gasteiger charge is -2.09. The minimum atomic E-state index is 0.729. The predicted molar refractivity (Wildman–Crippen MR) is 545 cm³/mol. The van der Waals surface area contributed by atoms with Crippen molar-refractivity contribution in [2.24, 2.45) is 0 Å². The first kappa shape index (κ1) is 106. The van der Waals surface area contributed by atoms with Crippen LogP contribution in [0.15, 0.2) is 19.6 Å². The number of fused-ring (bicyclic) bond motifs is 8. The number of aromatic amines is 2. The van der Waals surface area contributed by atoms with Gasteiger partial charge in [0.2, 0.25) is 0 Å². The first-order valence-electron chi connectivity index (χ1n) is 47.8. The zero-order valence-corrected chi connectivity index (χ0v) is 81.0. The Bertz CT molecular complexity index is 3570. The highest BCUT2D eigenvalue weighted by Crippen LogP contribution is 2.49. The molecule has 2 aliphatic heterocycles. The summed E-state index contributed by atoms with van der Waals surface area (Å²) in [6.45, 7) is 0. The Kier molecular flexibility index (Phi) is 67.1. The molecule has 2 aliphatic rings.